The lowest BCUT2D eigenvalue weighted by atomic mass is 10.1. The SMILES string of the molecule is O=C(NCCc1ccccn1)[C@H]1COCC(=O)N1Cc1ccccc1. The van der Waals surface area contributed by atoms with Gasteiger partial charge in [-0.25, -0.2) is 0 Å². The molecule has 1 aromatic carbocycles. The largest absolute Gasteiger partial charge is 0.369 e. The van der Waals surface area contributed by atoms with E-state index in [1.165, 1.54) is 0 Å². The summed E-state index contributed by atoms with van der Waals surface area (Å²) in [5, 5.41) is 2.88. The van der Waals surface area contributed by atoms with Crippen LogP contribution in [0.4, 0.5) is 0 Å². The first-order valence-electron chi connectivity index (χ1n) is 8.33. The quantitative estimate of drug-likeness (QED) is 0.857. The third-order valence-electron chi connectivity index (χ3n) is 4.10. The van der Waals surface area contributed by atoms with Crippen molar-refractivity contribution in [2.45, 2.75) is 19.0 Å². The van der Waals surface area contributed by atoms with Gasteiger partial charge in [0.2, 0.25) is 11.8 Å². The average molecular weight is 339 g/mol. The van der Waals surface area contributed by atoms with Crippen LogP contribution in [-0.4, -0.2) is 47.5 Å². The molecular formula is C19H21N3O3. The molecule has 130 valence electrons. The zero-order chi connectivity index (χ0) is 17.5. The van der Waals surface area contributed by atoms with Crippen LogP contribution in [-0.2, 0) is 27.3 Å². The summed E-state index contributed by atoms with van der Waals surface area (Å²) in [6, 6.07) is 14.7. The number of aromatic nitrogens is 1. The molecule has 0 saturated carbocycles. The number of carbonyl (C=O) groups is 2. The molecule has 0 spiro atoms. The molecule has 6 nitrogen and oxygen atoms in total. The molecule has 0 unspecified atom stereocenters. The fourth-order valence-corrected chi connectivity index (χ4v) is 2.78. The molecule has 6 heteroatoms. The number of rotatable bonds is 6. The predicted octanol–water partition coefficient (Wildman–Crippen LogP) is 1.17. The topological polar surface area (TPSA) is 71.5 Å². The summed E-state index contributed by atoms with van der Waals surface area (Å²) < 4.78 is 5.28. The number of hydrogen-bond donors (Lipinski definition) is 1. The molecule has 0 radical (unpaired) electrons. The highest BCUT2D eigenvalue weighted by Gasteiger charge is 2.33. The highest BCUT2D eigenvalue weighted by molar-refractivity contribution is 5.89. The van der Waals surface area contributed by atoms with Crippen LogP contribution in [0.15, 0.2) is 54.7 Å². The summed E-state index contributed by atoms with van der Waals surface area (Å²) in [7, 11) is 0. The summed E-state index contributed by atoms with van der Waals surface area (Å²) in [6.07, 6.45) is 2.37. The molecule has 0 bridgehead atoms. The van der Waals surface area contributed by atoms with Crippen LogP contribution >= 0.6 is 0 Å². The minimum Gasteiger partial charge on any atom is -0.369 e. The second-order valence-corrected chi connectivity index (χ2v) is 5.90. The van der Waals surface area contributed by atoms with Gasteiger partial charge in [-0.3, -0.25) is 14.6 Å². The third-order valence-corrected chi connectivity index (χ3v) is 4.10. The minimum atomic E-state index is -0.606. The van der Waals surface area contributed by atoms with Gasteiger partial charge in [-0.05, 0) is 17.7 Å². The number of ether oxygens (including phenoxy) is 1. The van der Waals surface area contributed by atoms with E-state index < -0.39 is 6.04 Å². The van der Waals surface area contributed by atoms with Crippen LogP contribution in [0.5, 0.6) is 0 Å². The number of morpholine rings is 1. The molecule has 1 saturated heterocycles. The Morgan fingerprint density at radius 3 is 2.76 bits per heavy atom. The minimum absolute atomic E-state index is 0.0184. The van der Waals surface area contributed by atoms with E-state index in [1.54, 1.807) is 11.1 Å². The highest BCUT2D eigenvalue weighted by atomic mass is 16.5. The van der Waals surface area contributed by atoms with Crippen molar-refractivity contribution < 1.29 is 14.3 Å². The predicted molar refractivity (Wildman–Crippen MR) is 92.5 cm³/mol. The van der Waals surface area contributed by atoms with E-state index >= 15 is 0 Å². The van der Waals surface area contributed by atoms with E-state index in [9.17, 15) is 9.59 Å². The van der Waals surface area contributed by atoms with Gasteiger partial charge in [-0.15, -0.1) is 0 Å². The number of carbonyl (C=O) groups excluding carboxylic acids is 2. The van der Waals surface area contributed by atoms with Crippen molar-refractivity contribution in [3.63, 3.8) is 0 Å². The molecular weight excluding hydrogens is 318 g/mol. The normalized spacial score (nSPS) is 17.4. The van der Waals surface area contributed by atoms with Crippen molar-refractivity contribution in [3.8, 4) is 0 Å². The summed E-state index contributed by atoms with van der Waals surface area (Å²) in [5.74, 6) is -0.361. The van der Waals surface area contributed by atoms with Gasteiger partial charge in [0.25, 0.3) is 0 Å². The van der Waals surface area contributed by atoms with E-state index in [4.69, 9.17) is 4.74 Å². The summed E-state index contributed by atoms with van der Waals surface area (Å²) in [5.41, 5.74) is 1.91. The lowest BCUT2D eigenvalue weighted by molar-refractivity contribution is -0.155. The summed E-state index contributed by atoms with van der Waals surface area (Å²) in [6.45, 7) is 1.11. The molecule has 1 aliphatic rings. The Labute approximate surface area is 146 Å². The lowest BCUT2D eigenvalue weighted by Crippen LogP contribution is -2.56. The molecule has 1 fully saturated rings. The molecule has 0 aliphatic carbocycles. The molecule has 2 heterocycles. The monoisotopic (exact) mass is 339 g/mol. The van der Waals surface area contributed by atoms with Crippen molar-refractivity contribution in [3.05, 3.63) is 66.0 Å². The first-order valence-corrected chi connectivity index (χ1v) is 8.33. The molecule has 1 N–H and O–H groups in total. The maximum Gasteiger partial charge on any atom is 0.249 e. The van der Waals surface area contributed by atoms with Crippen molar-refractivity contribution >= 4 is 11.8 Å². The number of pyridine rings is 1. The molecule has 1 atom stereocenters. The number of benzene rings is 1. The fourth-order valence-electron chi connectivity index (χ4n) is 2.78. The lowest BCUT2D eigenvalue weighted by Gasteiger charge is -2.34. The van der Waals surface area contributed by atoms with Crippen molar-refractivity contribution in [2.75, 3.05) is 19.8 Å². The van der Waals surface area contributed by atoms with Gasteiger partial charge < -0.3 is 15.0 Å². The Morgan fingerprint density at radius 1 is 1.20 bits per heavy atom. The van der Waals surface area contributed by atoms with Crippen LogP contribution in [0.1, 0.15) is 11.3 Å². The fraction of sp³-hybridized carbons (Fsp3) is 0.316. The van der Waals surface area contributed by atoms with E-state index in [0.717, 1.165) is 11.3 Å². The standard InChI is InChI=1S/C19H21N3O3/c23-18-14-25-13-17(22(18)12-15-6-2-1-3-7-15)19(24)21-11-9-16-8-4-5-10-20-16/h1-8,10,17H,9,11-14H2,(H,21,24)/t17-/m1/s1. The molecule has 2 amide bonds. The van der Waals surface area contributed by atoms with Crippen LogP contribution in [0, 0.1) is 0 Å². The van der Waals surface area contributed by atoms with Gasteiger partial charge in [0.15, 0.2) is 0 Å². The Hall–Kier alpha value is -2.73. The highest BCUT2D eigenvalue weighted by Crippen LogP contribution is 2.13. The van der Waals surface area contributed by atoms with Gasteiger partial charge in [-0.1, -0.05) is 36.4 Å². The Balaban J connectivity index is 1.59. The van der Waals surface area contributed by atoms with E-state index in [2.05, 4.69) is 10.3 Å². The molecule has 25 heavy (non-hydrogen) atoms. The van der Waals surface area contributed by atoms with E-state index in [1.807, 2.05) is 48.5 Å². The third kappa shape index (κ3) is 4.64. The number of nitrogens with one attached hydrogen (secondary N) is 1. The van der Waals surface area contributed by atoms with Crippen molar-refractivity contribution in [1.82, 2.24) is 15.2 Å². The van der Waals surface area contributed by atoms with E-state index in [-0.39, 0.29) is 25.0 Å². The smallest absolute Gasteiger partial charge is 0.249 e. The molecule has 2 aromatic rings. The van der Waals surface area contributed by atoms with Crippen LogP contribution < -0.4 is 5.32 Å². The van der Waals surface area contributed by atoms with Gasteiger partial charge in [0, 0.05) is 31.4 Å². The van der Waals surface area contributed by atoms with Gasteiger partial charge in [0.1, 0.15) is 12.6 Å². The average Bonchev–Trinajstić information content (AvgIpc) is 2.65. The van der Waals surface area contributed by atoms with Crippen LogP contribution in [0.25, 0.3) is 0 Å². The van der Waals surface area contributed by atoms with Crippen molar-refractivity contribution in [1.29, 1.82) is 0 Å². The first kappa shape index (κ1) is 17.1. The molecule has 3 rings (SSSR count). The summed E-state index contributed by atoms with van der Waals surface area (Å²) in [4.78, 5) is 30.6. The maximum atomic E-state index is 12.5. The van der Waals surface area contributed by atoms with Gasteiger partial charge in [-0.2, -0.15) is 0 Å². The van der Waals surface area contributed by atoms with Crippen molar-refractivity contribution in [2.24, 2.45) is 0 Å². The second kappa shape index (κ2) is 8.39. The van der Waals surface area contributed by atoms with Crippen LogP contribution in [0.3, 0.4) is 0 Å². The Morgan fingerprint density at radius 2 is 2.00 bits per heavy atom. The maximum absolute atomic E-state index is 12.5. The van der Waals surface area contributed by atoms with Gasteiger partial charge in [0.05, 0.1) is 6.61 Å². The zero-order valence-electron chi connectivity index (χ0n) is 13.9. The number of hydrogen-bond acceptors (Lipinski definition) is 4. The van der Waals surface area contributed by atoms with E-state index in [0.29, 0.717) is 19.5 Å². The number of amides is 2. The molecule has 1 aromatic heterocycles. The Kier molecular flexibility index (Phi) is 5.74. The van der Waals surface area contributed by atoms with Gasteiger partial charge >= 0.3 is 0 Å². The first-order chi connectivity index (χ1) is 12.2. The van der Waals surface area contributed by atoms with Crippen LogP contribution in [0.2, 0.25) is 0 Å². The summed E-state index contributed by atoms with van der Waals surface area (Å²) >= 11 is 0. The number of nitrogens with zero attached hydrogens (tertiary/aromatic N) is 2. The Bertz CT molecular complexity index is 706. The second-order valence-electron chi connectivity index (χ2n) is 5.90. The zero-order valence-corrected chi connectivity index (χ0v) is 13.9. The molecule has 1 aliphatic heterocycles.